The Bertz CT molecular complexity index is 584. The molecule has 1 N–H and O–H groups in total. The van der Waals surface area contributed by atoms with Crippen LogP contribution in [0.1, 0.15) is 24.2 Å². The summed E-state index contributed by atoms with van der Waals surface area (Å²) in [5.41, 5.74) is 3.39. The van der Waals surface area contributed by atoms with Gasteiger partial charge in [-0.1, -0.05) is 11.6 Å². The van der Waals surface area contributed by atoms with Crippen LogP contribution in [0.2, 0.25) is 5.02 Å². The predicted molar refractivity (Wildman–Crippen MR) is 75.2 cm³/mol. The van der Waals surface area contributed by atoms with Gasteiger partial charge in [-0.2, -0.15) is 0 Å². The third kappa shape index (κ3) is 2.25. The van der Waals surface area contributed by atoms with E-state index >= 15 is 0 Å². The first kappa shape index (κ1) is 12.0. The van der Waals surface area contributed by atoms with Crippen molar-refractivity contribution in [1.29, 1.82) is 0 Å². The molecule has 1 aliphatic rings. The first-order valence-corrected chi connectivity index (χ1v) is 6.88. The lowest BCUT2D eigenvalue weighted by Crippen LogP contribution is -2.20. The summed E-state index contributed by atoms with van der Waals surface area (Å²) in [7, 11) is 2.09. The molecule has 0 saturated heterocycles. The molecular formula is C14H18ClN3. The Labute approximate surface area is 112 Å². The minimum atomic E-state index is 0.760. The van der Waals surface area contributed by atoms with E-state index in [1.54, 1.807) is 0 Å². The van der Waals surface area contributed by atoms with Crippen molar-refractivity contribution in [3.05, 3.63) is 28.5 Å². The summed E-state index contributed by atoms with van der Waals surface area (Å²) >= 11 is 6.08. The van der Waals surface area contributed by atoms with Crippen molar-refractivity contribution in [1.82, 2.24) is 14.9 Å². The van der Waals surface area contributed by atoms with Gasteiger partial charge in [0.05, 0.1) is 11.0 Å². The second-order valence-corrected chi connectivity index (χ2v) is 5.59. The number of fused-ring (bicyclic) bond motifs is 1. The zero-order valence-corrected chi connectivity index (χ0v) is 11.6. The number of hydrogen-bond donors (Lipinski definition) is 1. The average Bonchev–Trinajstić information content (AvgIpc) is 3.05. The number of imidazole rings is 1. The molecule has 1 saturated carbocycles. The highest BCUT2D eigenvalue weighted by atomic mass is 35.5. The van der Waals surface area contributed by atoms with Crippen molar-refractivity contribution in [2.45, 2.75) is 32.2 Å². The molecule has 1 heterocycles. The number of nitrogens with zero attached hydrogens (tertiary/aromatic N) is 2. The van der Waals surface area contributed by atoms with E-state index in [9.17, 15) is 0 Å². The number of hydrogen-bond acceptors (Lipinski definition) is 2. The first-order chi connectivity index (χ1) is 8.65. The molecule has 96 valence electrons. The van der Waals surface area contributed by atoms with Crippen LogP contribution in [0.5, 0.6) is 0 Å². The zero-order valence-electron chi connectivity index (χ0n) is 10.8. The lowest BCUT2D eigenvalue weighted by Gasteiger charge is -2.05. The lowest BCUT2D eigenvalue weighted by molar-refractivity contribution is 0.654. The van der Waals surface area contributed by atoms with E-state index in [2.05, 4.69) is 28.8 Å². The summed E-state index contributed by atoms with van der Waals surface area (Å²) in [6.45, 7) is 3.09. The zero-order chi connectivity index (χ0) is 12.7. The van der Waals surface area contributed by atoms with E-state index in [-0.39, 0.29) is 0 Å². The van der Waals surface area contributed by atoms with E-state index < -0.39 is 0 Å². The van der Waals surface area contributed by atoms with Gasteiger partial charge in [0.25, 0.3) is 0 Å². The van der Waals surface area contributed by atoms with Gasteiger partial charge < -0.3 is 9.88 Å². The number of aryl methyl sites for hydroxylation is 2. The Morgan fingerprint density at radius 3 is 2.94 bits per heavy atom. The van der Waals surface area contributed by atoms with Crippen LogP contribution in [0.4, 0.5) is 0 Å². The molecule has 0 unspecified atom stereocenters. The monoisotopic (exact) mass is 263 g/mol. The maximum atomic E-state index is 6.08. The second kappa shape index (κ2) is 4.56. The normalized spacial score (nSPS) is 15.5. The van der Waals surface area contributed by atoms with Crippen LogP contribution in [0.3, 0.4) is 0 Å². The van der Waals surface area contributed by atoms with Crippen LogP contribution in [-0.2, 0) is 13.5 Å². The standard InChI is InChI=1S/C14H18ClN3/c1-9-7-10(15)8-12-14(9)18(2)13(17-12)5-6-16-11-3-4-11/h7-8,11,16H,3-6H2,1-2H3. The van der Waals surface area contributed by atoms with Gasteiger partial charge >= 0.3 is 0 Å². The summed E-state index contributed by atoms with van der Waals surface area (Å²) in [4.78, 5) is 4.69. The molecule has 0 bridgehead atoms. The molecule has 0 radical (unpaired) electrons. The predicted octanol–water partition coefficient (Wildman–Crippen LogP) is 2.83. The van der Waals surface area contributed by atoms with Crippen LogP contribution >= 0.6 is 11.6 Å². The van der Waals surface area contributed by atoms with Gasteiger partial charge in [0.1, 0.15) is 5.82 Å². The molecule has 1 aromatic carbocycles. The molecule has 2 aromatic rings. The Morgan fingerprint density at radius 2 is 2.22 bits per heavy atom. The summed E-state index contributed by atoms with van der Waals surface area (Å²) in [6, 6.07) is 4.70. The van der Waals surface area contributed by atoms with Gasteiger partial charge in [-0.25, -0.2) is 4.98 Å². The van der Waals surface area contributed by atoms with Crippen LogP contribution < -0.4 is 5.32 Å². The summed E-state index contributed by atoms with van der Waals surface area (Å²) in [5.74, 6) is 1.13. The van der Waals surface area contributed by atoms with Crippen molar-refractivity contribution >= 4 is 22.6 Å². The Hall–Kier alpha value is -1.06. The molecule has 0 amide bonds. The molecule has 18 heavy (non-hydrogen) atoms. The topological polar surface area (TPSA) is 29.9 Å². The molecule has 1 aliphatic carbocycles. The maximum absolute atomic E-state index is 6.08. The first-order valence-electron chi connectivity index (χ1n) is 6.50. The quantitative estimate of drug-likeness (QED) is 0.919. The van der Waals surface area contributed by atoms with Gasteiger partial charge in [0.15, 0.2) is 0 Å². The number of halogens is 1. The highest BCUT2D eigenvalue weighted by Crippen LogP contribution is 2.24. The molecule has 0 aliphatic heterocycles. The summed E-state index contributed by atoms with van der Waals surface area (Å²) in [6.07, 6.45) is 3.63. The van der Waals surface area contributed by atoms with E-state index in [1.807, 2.05) is 12.1 Å². The summed E-state index contributed by atoms with van der Waals surface area (Å²) < 4.78 is 2.19. The van der Waals surface area contributed by atoms with Gasteiger partial charge in [0, 0.05) is 31.1 Å². The highest BCUT2D eigenvalue weighted by molar-refractivity contribution is 6.31. The average molecular weight is 264 g/mol. The van der Waals surface area contributed by atoms with Crippen LogP contribution in [-0.4, -0.2) is 22.1 Å². The SMILES string of the molecule is Cc1cc(Cl)cc2nc(CCNC3CC3)n(C)c12. The molecule has 4 heteroatoms. The van der Waals surface area contributed by atoms with Crippen LogP contribution in [0.15, 0.2) is 12.1 Å². The highest BCUT2D eigenvalue weighted by Gasteiger charge is 2.20. The Balaban J connectivity index is 1.87. The molecule has 0 atom stereocenters. The molecule has 3 rings (SSSR count). The van der Waals surface area contributed by atoms with Crippen molar-refractivity contribution in [3.8, 4) is 0 Å². The Morgan fingerprint density at radius 1 is 1.44 bits per heavy atom. The number of benzene rings is 1. The van der Waals surface area contributed by atoms with E-state index in [1.165, 1.54) is 23.9 Å². The van der Waals surface area contributed by atoms with Gasteiger partial charge in [0.2, 0.25) is 0 Å². The maximum Gasteiger partial charge on any atom is 0.110 e. The molecule has 1 aromatic heterocycles. The van der Waals surface area contributed by atoms with Gasteiger partial charge in [-0.05, 0) is 37.5 Å². The van der Waals surface area contributed by atoms with Crippen molar-refractivity contribution < 1.29 is 0 Å². The number of rotatable bonds is 4. The third-order valence-corrected chi connectivity index (χ3v) is 3.79. The largest absolute Gasteiger partial charge is 0.331 e. The third-order valence-electron chi connectivity index (χ3n) is 3.58. The minimum Gasteiger partial charge on any atom is -0.331 e. The van der Waals surface area contributed by atoms with E-state index in [4.69, 9.17) is 11.6 Å². The molecule has 0 spiro atoms. The molecule has 1 fully saturated rings. The number of nitrogens with one attached hydrogen (secondary N) is 1. The molecule has 3 nitrogen and oxygen atoms in total. The number of aromatic nitrogens is 2. The van der Waals surface area contributed by atoms with Gasteiger partial charge in [-0.3, -0.25) is 0 Å². The van der Waals surface area contributed by atoms with Crippen molar-refractivity contribution in [2.24, 2.45) is 7.05 Å². The van der Waals surface area contributed by atoms with Crippen LogP contribution in [0, 0.1) is 6.92 Å². The van der Waals surface area contributed by atoms with E-state index in [0.717, 1.165) is 35.4 Å². The fraction of sp³-hybridized carbons (Fsp3) is 0.500. The second-order valence-electron chi connectivity index (χ2n) is 5.16. The van der Waals surface area contributed by atoms with E-state index in [0.29, 0.717) is 0 Å². The smallest absolute Gasteiger partial charge is 0.110 e. The fourth-order valence-electron chi connectivity index (χ4n) is 2.48. The fourth-order valence-corrected chi connectivity index (χ4v) is 2.75. The van der Waals surface area contributed by atoms with Crippen molar-refractivity contribution in [3.63, 3.8) is 0 Å². The summed E-state index contributed by atoms with van der Waals surface area (Å²) in [5, 5.41) is 4.29. The lowest BCUT2D eigenvalue weighted by atomic mass is 10.2. The molecular weight excluding hydrogens is 246 g/mol. The Kier molecular flexibility index (Phi) is 3.04. The minimum absolute atomic E-state index is 0.760. The van der Waals surface area contributed by atoms with Gasteiger partial charge in [-0.15, -0.1) is 0 Å². The van der Waals surface area contributed by atoms with Crippen molar-refractivity contribution in [2.75, 3.05) is 6.54 Å². The van der Waals surface area contributed by atoms with Crippen LogP contribution in [0.25, 0.3) is 11.0 Å².